The number of aromatic nitrogens is 2. The molecule has 1 atom stereocenters. The third kappa shape index (κ3) is 3.09. The van der Waals surface area contributed by atoms with Gasteiger partial charge >= 0.3 is 0 Å². The zero-order chi connectivity index (χ0) is 10.7. The molecule has 3 nitrogen and oxygen atoms in total. The topological polar surface area (TPSA) is 37.8 Å². The third-order valence-corrected chi connectivity index (χ3v) is 3.89. The van der Waals surface area contributed by atoms with Gasteiger partial charge in [0.1, 0.15) is 0 Å². The summed E-state index contributed by atoms with van der Waals surface area (Å²) < 4.78 is 0. The number of hydrogen-bond acceptors (Lipinski definition) is 4. The molecule has 1 fully saturated rings. The van der Waals surface area contributed by atoms with E-state index in [1.54, 1.807) is 0 Å². The van der Waals surface area contributed by atoms with Gasteiger partial charge in [-0.1, -0.05) is 0 Å². The van der Waals surface area contributed by atoms with Gasteiger partial charge < -0.3 is 5.32 Å². The van der Waals surface area contributed by atoms with Gasteiger partial charge in [-0.3, -0.25) is 0 Å². The van der Waals surface area contributed by atoms with Crippen LogP contribution in [-0.4, -0.2) is 27.5 Å². The summed E-state index contributed by atoms with van der Waals surface area (Å²) in [4.78, 5) is 8.73. The molecule has 2 rings (SSSR count). The summed E-state index contributed by atoms with van der Waals surface area (Å²) in [6.07, 6.45) is 2.67. The van der Waals surface area contributed by atoms with Crippen LogP contribution in [0.5, 0.6) is 0 Å². The van der Waals surface area contributed by atoms with Crippen molar-refractivity contribution in [2.24, 2.45) is 0 Å². The largest absolute Gasteiger partial charge is 0.353 e. The van der Waals surface area contributed by atoms with Crippen molar-refractivity contribution in [1.82, 2.24) is 9.97 Å². The van der Waals surface area contributed by atoms with E-state index in [1.807, 2.05) is 19.9 Å². The van der Waals surface area contributed by atoms with Gasteiger partial charge in [0.05, 0.1) is 0 Å². The molecule has 4 heteroatoms. The Bertz CT molecular complexity index is 314. The van der Waals surface area contributed by atoms with Gasteiger partial charge in [0.25, 0.3) is 0 Å². The minimum absolute atomic E-state index is 0.745. The summed E-state index contributed by atoms with van der Waals surface area (Å²) in [5.74, 6) is 2.08. The molecule has 1 unspecified atom stereocenters. The van der Waals surface area contributed by atoms with E-state index in [2.05, 4.69) is 27.0 Å². The average molecular weight is 223 g/mol. The zero-order valence-electron chi connectivity index (χ0n) is 9.29. The van der Waals surface area contributed by atoms with Gasteiger partial charge in [-0.05, 0) is 38.5 Å². The lowest BCUT2D eigenvalue weighted by molar-refractivity contribution is 0.799. The highest BCUT2D eigenvalue weighted by Gasteiger charge is 2.15. The van der Waals surface area contributed by atoms with Gasteiger partial charge in [0.15, 0.2) is 0 Å². The highest BCUT2D eigenvalue weighted by molar-refractivity contribution is 8.00. The van der Waals surface area contributed by atoms with Crippen LogP contribution in [0.3, 0.4) is 0 Å². The van der Waals surface area contributed by atoms with Crippen LogP contribution in [0.2, 0.25) is 0 Å². The summed E-state index contributed by atoms with van der Waals surface area (Å²) in [5, 5.41) is 4.07. The molecule has 82 valence electrons. The van der Waals surface area contributed by atoms with Crippen LogP contribution in [-0.2, 0) is 0 Å². The first kappa shape index (κ1) is 10.7. The first-order valence-electron chi connectivity index (χ1n) is 5.42. The van der Waals surface area contributed by atoms with E-state index in [0.29, 0.717) is 0 Å². The maximum Gasteiger partial charge on any atom is 0.223 e. The first-order chi connectivity index (χ1) is 7.24. The van der Waals surface area contributed by atoms with Crippen LogP contribution in [0.4, 0.5) is 5.95 Å². The van der Waals surface area contributed by atoms with Gasteiger partial charge in [-0.15, -0.1) is 0 Å². The number of nitrogens with one attached hydrogen (secondary N) is 1. The molecule has 1 N–H and O–H groups in total. The molecular formula is C11H17N3S. The van der Waals surface area contributed by atoms with Crippen LogP contribution >= 0.6 is 11.8 Å². The zero-order valence-corrected chi connectivity index (χ0v) is 10.1. The van der Waals surface area contributed by atoms with E-state index >= 15 is 0 Å². The predicted molar refractivity (Wildman–Crippen MR) is 65.5 cm³/mol. The van der Waals surface area contributed by atoms with Crippen LogP contribution in [0.15, 0.2) is 6.07 Å². The Morgan fingerprint density at radius 2 is 2.13 bits per heavy atom. The van der Waals surface area contributed by atoms with Crippen molar-refractivity contribution in [3.05, 3.63) is 17.5 Å². The molecule has 0 saturated carbocycles. The Labute approximate surface area is 95.1 Å². The third-order valence-electron chi connectivity index (χ3n) is 2.49. The normalized spacial score (nSPS) is 20.5. The van der Waals surface area contributed by atoms with E-state index in [-0.39, 0.29) is 0 Å². The summed E-state index contributed by atoms with van der Waals surface area (Å²) in [5.41, 5.74) is 2.06. The Balaban J connectivity index is 1.92. The molecule has 0 amide bonds. The quantitative estimate of drug-likeness (QED) is 0.854. The van der Waals surface area contributed by atoms with Gasteiger partial charge in [0.2, 0.25) is 5.95 Å². The number of thioether (sulfide) groups is 1. The Kier molecular flexibility index (Phi) is 3.46. The van der Waals surface area contributed by atoms with Gasteiger partial charge in [-0.25, -0.2) is 9.97 Å². The highest BCUT2D eigenvalue weighted by atomic mass is 32.2. The lowest BCUT2D eigenvalue weighted by atomic mass is 10.2. The molecule has 15 heavy (non-hydrogen) atoms. The van der Waals surface area contributed by atoms with Gasteiger partial charge in [-0.2, -0.15) is 11.8 Å². The number of aryl methyl sites for hydroxylation is 2. The Morgan fingerprint density at radius 1 is 1.40 bits per heavy atom. The molecule has 1 saturated heterocycles. The Morgan fingerprint density at radius 3 is 2.73 bits per heavy atom. The fourth-order valence-electron chi connectivity index (χ4n) is 1.82. The lowest BCUT2D eigenvalue weighted by Gasteiger charge is -2.10. The fourth-order valence-corrected chi connectivity index (χ4v) is 3.02. The minimum atomic E-state index is 0.745. The van der Waals surface area contributed by atoms with E-state index < -0.39 is 0 Å². The summed E-state index contributed by atoms with van der Waals surface area (Å²) in [6, 6.07) is 2.00. The molecule has 0 bridgehead atoms. The average Bonchev–Trinajstić information content (AvgIpc) is 2.65. The standard InChI is InChI=1S/C11H17N3S/c1-8-6-9(2)14-11(13-8)12-7-10-4-3-5-15-10/h6,10H,3-5,7H2,1-2H3,(H,12,13,14). The SMILES string of the molecule is Cc1cc(C)nc(NCC2CCCS2)n1. The summed E-state index contributed by atoms with van der Waals surface area (Å²) in [7, 11) is 0. The number of nitrogens with zero attached hydrogens (tertiary/aromatic N) is 2. The summed E-state index contributed by atoms with van der Waals surface area (Å²) >= 11 is 2.05. The predicted octanol–water partition coefficient (Wildman–Crippen LogP) is 2.40. The molecule has 0 radical (unpaired) electrons. The van der Waals surface area contributed by atoms with Crippen molar-refractivity contribution in [3.63, 3.8) is 0 Å². The second-order valence-electron chi connectivity index (χ2n) is 3.99. The van der Waals surface area contributed by atoms with Crippen molar-refractivity contribution in [1.29, 1.82) is 0 Å². The molecule has 0 spiro atoms. The van der Waals surface area contributed by atoms with Crippen molar-refractivity contribution >= 4 is 17.7 Å². The maximum absolute atomic E-state index is 4.36. The number of hydrogen-bond donors (Lipinski definition) is 1. The molecule has 2 heterocycles. The van der Waals surface area contributed by atoms with Crippen LogP contribution in [0.25, 0.3) is 0 Å². The molecule has 1 aromatic heterocycles. The van der Waals surface area contributed by atoms with Gasteiger partial charge in [0, 0.05) is 23.2 Å². The van der Waals surface area contributed by atoms with Crippen LogP contribution in [0.1, 0.15) is 24.2 Å². The molecular weight excluding hydrogens is 206 g/mol. The van der Waals surface area contributed by atoms with Crippen molar-refractivity contribution in [3.8, 4) is 0 Å². The Hall–Kier alpha value is -0.770. The van der Waals surface area contributed by atoms with Crippen molar-refractivity contribution < 1.29 is 0 Å². The van der Waals surface area contributed by atoms with Crippen molar-refractivity contribution in [2.75, 3.05) is 17.6 Å². The molecule has 0 aromatic carbocycles. The van der Waals surface area contributed by atoms with Crippen LogP contribution in [0, 0.1) is 13.8 Å². The minimum Gasteiger partial charge on any atom is -0.353 e. The smallest absolute Gasteiger partial charge is 0.223 e. The monoisotopic (exact) mass is 223 g/mol. The van der Waals surface area contributed by atoms with E-state index in [1.165, 1.54) is 18.6 Å². The second kappa shape index (κ2) is 4.84. The second-order valence-corrected chi connectivity index (χ2v) is 5.40. The van der Waals surface area contributed by atoms with E-state index in [4.69, 9.17) is 0 Å². The molecule has 1 aliphatic heterocycles. The fraction of sp³-hybridized carbons (Fsp3) is 0.636. The first-order valence-corrected chi connectivity index (χ1v) is 6.46. The molecule has 1 aliphatic rings. The molecule has 0 aliphatic carbocycles. The molecule has 1 aromatic rings. The van der Waals surface area contributed by atoms with Crippen molar-refractivity contribution in [2.45, 2.75) is 31.9 Å². The van der Waals surface area contributed by atoms with E-state index in [9.17, 15) is 0 Å². The summed E-state index contributed by atoms with van der Waals surface area (Å²) in [6.45, 7) is 5.00. The van der Waals surface area contributed by atoms with Crippen LogP contribution < -0.4 is 5.32 Å². The number of rotatable bonds is 3. The highest BCUT2D eigenvalue weighted by Crippen LogP contribution is 2.25. The van der Waals surface area contributed by atoms with E-state index in [0.717, 1.165) is 29.1 Å². The number of anilines is 1. The maximum atomic E-state index is 4.36. The lowest BCUT2D eigenvalue weighted by Crippen LogP contribution is -2.15.